The van der Waals surface area contributed by atoms with Gasteiger partial charge in [0.2, 0.25) is 5.91 Å². The van der Waals surface area contributed by atoms with E-state index < -0.39 is 32.4 Å². The zero-order chi connectivity index (χ0) is 12.3. The lowest BCUT2D eigenvalue weighted by Crippen LogP contribution is -2.24. The number of carbonyl (C=O) groups excluding carboxylic acids is 1. The van der Waals surface area contributed by atoms with E-state index in [1.54, 1.807) is 0 Å². The van der Waals surface area contributed by atoms with E-state index in [0.29, 0.717) is 0 Å². The first-order valence-electron chi connectivity index (χ1n) is 4.18. The number of aromatic carboxylic acids is 1. The van der Waals surface area contributed by atoms with E-state index in [1.165, 1.54) is 12.1 Å². The topological polar surface area (TPSA) is 115 Å². The summed E-state index contributed by atoms with van der Waals surface area (Å²) in [5.41, 5.74) is 4.41. The Labute approximate surface area is 91.6 Å². The van der Waals surface area contributed by atoms with Crippen molar-refractivity contribution in [2.75, 3.05) is 5.75 Å². The number of hydrogen-bond donors (Lipinski definition) is 2. The zero-order valence-electron chi connectivity index (χ0n) is 8.08. The molecule has 16 heavy (non-hydrogen) atoms. The summed E-state index contributed by atoms with van der Waals surface area (Å²) >= 11 is 0. The van der Waals surface area contributed by atoms with Gasteiger partial charge in [0.1, 0.15) is 5.75 Å². The van der Waals surface area contributed by atoms with Gasteiger partial charge in [-0.1, -0.05) is 12.1 Å². The summed E-state index contributed by atoms with van der Waals surface area (Å²) in [6, 6.07) is 5.05. The van der Waals surface area contributed by atoms with Gasteiger partial charge in [-0.25, -0.2) is 13.2 Å². The van der Waals surface area contributed by atoms with Gasteiger partial charge in [0.25, 0.3) is 0 Å². The highest BCUT2D eigenvalue weighted by Gasteiger charge is 2.23. The molecule has 0 saturated heterocycles. The monoisotopic (exact) mass is 243 g/mol. The molecule has 7 heteroatoms. The van der Waals surface area contributed by atoms with Gasteiger partial charge in [-0.2, -0.15) is 0 Å². The number of carboxylic acid groups (broad SMARTS) is 1. The van der Waals surface area contributed by atoms with Crippen LogP contribution in [0.1, 0.15) is 10.4 Å². The minimum Gasteiger partial charge on any atom is -0.478 e. The third-order valence-electron chi connectivity index (χ3n) is 1.78. The predicted octanol–water partition coefficient (Wildman–Crippen LogP) is -0.356. The molecular weight excluding hydrogens is 234 g/mol. The molecule has 1 aromatic carbocycles. The summed E-state index contributed by atoms with van der Waals surface area (Å²) in [6.45, 7) is 0. The number of benzene rings is 1. The highest BCUT2D eigenvalue weighted by atomic mass is 32.2. The third-order valence-corrected chi connectivity index (χ3v) is 3.48. The van der Waals surface area contributed by atoms with Crippen LogP contribution < -0.4 is 5.73 Å². The third kappa shape index (κ3) is 2.57. The summed E-state index contributed by atoms with van der Waals surface area (Å²) in [4.78, 5) is 20.9. The van der Waals surface area contributed by atoms with Crippen LogP contribution in [-0.4, -0.2) is 31.2 Å². The molecule has 1 rings (SSSR count). The zero-order valence-corrected chi connectivity index (χ0v) is 8.90. The molecule has 0 bridgehead atoms. The molecule has 0 atom stereocenters. The van der Waals surface area contributed by atoms with Gasteiger partial charge in [-0.3, -0.25) is 4.79 Å². The van der Waals surface area contributed by atoms with Crippen LogP contribution in [0.2, 0.25) is 0 Å². The average Bonchev–Trinajstić information content (AvgIpc) is 2.15. The minimum atomic E-state index is -3.99. The van der Waals surface area contributed by atoms with Crippen LogP contribution in [0.5, 0.6) is 0 Å². The largest absolute Gasteiger partial charge is 0.478 e. The Hall–Kier alpha value is -1.89. The van der Waals surface area contributed by atoms with Crippen LogP contribution in [-0.2, 0) is 14.6 Å². The van der Waals surface area contributed by atoms with Crippen molar-refractivity contribution in [3.63, 3.8) is 0 Å². The van der Waals surface area contributed by atoms with Gasteiger partial charge >= 0.3 is 5.97 Å². The fourth-order valence-corrected chi connectivity index (χ4v) is 2.49. The second-order valence-corrected chi connectivity index (χ2v) is 4.98. The molecule has 1 amide bonds. The van der Waals surface area contributed by atoms with Crippen LogP contribution in [0.25, 0.3) is 0 Å². The molecule has 0 aliphatic rings. The van der Waals surface area contributed by atoms with E-state index in [0.717, 1.165) is 12.1 Å². The first kappa shape index (κ1) is 12.2. The predicted molar refractivity (Wildman–Crippen MR) is 54.6 cm³/mol. The van der Waals surface area contributed by atoms with Crippen LogP contribution in [0.15, 0.2) is 29.2 Å². The Morgan fingerprint density at radius 3 is 2.31 bits per heavy atom. The van der Waals surface area contributed by atoms with E-state index >= 15 is 0 Å². The van der Waals surface area contributed by atoms with E-state index in [4.69, 9.17) is 10.8 Å². The van der Waals surface area contributed by atoms with Gasteiger partial charge in [0.05, 0.1) is 10.5 Å². The number of carbonyl (C=O) groups is 2. The van der Waals surface area contributed by atoms with E-state index in [9.17, 15) is 18.0 Å². The minimum absolute atomic E-state index is 0.372. The van der Waals surface area contributed by atoms with Gasteiger partial charge in [0, 0.05) is 0 Å². The van der Waals surface area contributed by atoms with Crippen molar-refractivity contribution >= 4 is 21.7 Å². The van der Waals surface area contributed by atoms with Crippen molar-refractivity contribution in [3.8, 4) is 0 Å². The van der Waals surface area contributed by atoms with Crippen molar-refractivity contribution in [1.29, 1.82) is 0 Å². The Bertz CT molecular complexity index is 535. The van der Waals surface area contributed by atoms with E-state index in [1.807, 2.05) is 0 Å². The lowest BCUT2D eigenvalue weighted by atomic mass is 10.2. The molecule has 0 unspecified atom stereocenters. The lowest BCUT2D eigenvalue weighted by Gasteiger charge is -2.05. The highest BCUT2D eigenvalue weighted by molar-refractivity contribution is 7.92. The molecule has 3 N–H and O–H groups in total. The molecule has 0 fully saturated rings. The fraction of sp³-hybridized carbons (Fsp3) is 0.111. The number of nitrogens with two attached hydrogens (primary N) is 1. The average molecular weight is 243 g/mol. The summed E-state index contributed by atoms with van der Waals surface area (Å²) in [5.74, 6) is -3.30. The summed E-state index contributed by atoms with van der Waals surface area (Å²) in [7, 11) is -3.99. The van der Waals surface area contributed by atoms with Crippen molar-refractivity contribution in [2.45, 2.75) is 4.90 Å². The smallest absolute Gasteiger partial charge is 0.337 e. The number of rotatable bonds is 4. The van der Waals surface area contributed by atoms with Crippen LogP contribution in [0, 0.1) is 0 Å². The second-order valence-electron chi connectivity index (χ2n) is 3.03. The van der Waals surface area contributed by atoms with Crippen LogP contribution in [0.3, 0.4) is 0 Å². The summed E-state index contributed by atoms with van der Waals surface area (Å²) in [6.07, 6.45) is 0. The normalized spacial score (nSPS) is 11.0. The van der Waals surface area contributed by atoms with E-state index in [2.05, 4.69) is 0 Å². The Morgan fingerprint density at radius 1 is 1.25 bits per heavy atom. The Morgan fingerprint density at radius 2 is 1.81 bits per heavy atom. The second kappa shape index (κ2) is 4.31. The molecule has 0 aromatic heterocycles. The molecule has 6 nitrogen and oxygen atoms in total. The molecule has 0 aliphatic heterocycles. The van der Waals surface area contributed by atoms with Gasteiger partial charge in [-0.05, 0) is 12.1 Å². The van der Waals surface area contributed by atoms with Crippen molar-refractivity contribution < 1.29 is 23.1 Å². The molecule has 0 heterocycles. The van der Waals surface area contributed by atoms with Crippen molar-refractivity contribution in [2.24, 2.45) is 5.73 Å². The lowest BCUT2D eigenvalue weighted by molar-refractivity contribution is -0.115. The number of primary amides is 1. The van der Waals surface area contributed by atoms with E-state index in [-0.39, 0.29) is 5.56 Å². The first-order chi connectivity index (χ1) is 7.34. The molecule has 0 spiro atoms. The number of hydrogen-bond acceptors (Lipinski definition) is 4. The highest BCUT2D eigenvalue weighted by Crippen LogP contribution is 2.16. The van der Waals surface area contributed by atoms with Crippen LogP contribution in [0.4, 0.5) is 0 Å². The summed E-state index contributed by atoms with van der Waals surface area (Å²) < 4.78 is 23.2. The standard InChI is InChI=1S/C9H9NO5S/c10-8(11)5-16(14,15)7-4-2-1-3-6(7)9(12)13/h1-4H,5H2,(H2,10,11)(H,12,13). The van der Waals surface area contributed by atoms with Gasteiger partial charge < -0.3 is 10.8 Å². The maximum absolute atomic E-state index is 11.6. The van der Waals surface area contributed by atoms with Crippen molar-refractivity contribution in [3.05, 3.63) is 29.8 Å². The maximum atomic E-state index is 11.6. The van der Waals surface area contributed by atoms with Gasteiger partial charge in [-0.15, -0.1) is 0 Å². The quantitative estimate of drug-likeness (QED) is 0.749. The number of amides is 1. The fourth-order valence-electron chi connectivity index (χ4n) is 1.18. The first-order valence-corrected chi connectivity index (χ1v) is 5.83. The molecular formula is C9H9NO5S. The number of sulfone groups is 1. The molecule has 86 valence electrons. The Balaban J connectivity index is 3.33. The Kier molecular flexibility index (Phi) is 3.28. The SMILES string of the molecule is NC(=O)CS(=O)(=O)c1ccccc1C(=O)O. The van der Waals surface area contributed by atoms with Crippen molar-refractivity contribution in [1.82, 2.24) is 0 Å². The molecule has 0 saturated carbocycles. The molecule has 0 aliphatic carbocycles. The van der Waals surface area contributed by atoms with Gasteiger partial charge in [0.15, 0.2) is 9.84 Å². The maximum Gasteiger partial charge on any atom is 0.337 e. The number of carboxylic acids is 1. The molecule has 1 aromatic rings. The summed E-state index contributed by atoms with van der Waals surface area (Å²) in [5, 5.41) is 8.78. The molecule has 0 radical (unpaired) electrons. The van der Waals surface area contributed by atoms with Crippen LogP contribution >= 0.6 is 0 Å².